The minimum atomic E-state index is -3.19. The van der Waals surface area contributed by atoms with Gasteiger partial charge in [0.25, 0.3) is 0 Å². The molecule has 1 aromatic carbocycles. The molecule has 0 bridgehead atoms. The number of nitrogens with one attached hydrogen (secondary N) is 1. The maximum atomic E-state index is 11.4. The zero-order valence-electron chi connectivity index (χ0n) is 11.6. The number of pyridine rings is 1. The average Bonchev–Trinajstić information content (AvgIpc) is 2.37. The van der Waals surface area contributed by atoms with Crippen molar-refractivity contribution in [2.45, 2.75) is 11.8 Å². The smallest absolute Gasteiger partial charge is 0.175 e. The van der Waals surface area contributed by atoms with Crippen molar-refractivity contribution in [3.05, 3.63) is 47.7 Å². The summed E-state index contributed by atoms with van der Waals surface area (Å²) in [6, 6.07) is 10.0. The lowest BCUT2D eigenvalue weighted by Gasteiger charge is -2.09. The summed E-state index contributed by atoms with van der Waals surface area (Å²) >= 11 is 4.96. The number of anilines is 2. The van der Waals surface area contributed by atoms with Crippen molar-refractivity contribution in [3.8, 4) is 0 Å². The van der Waals surface area contributed by atoms with E-state index in [1.54, 1.807) is 36.4 Å². The number of nitrogens with zero attached hydrogens (tertiary/aromatic N) is 1. The molecule has 0 spiro atoms. The summed E-state index contributed by atoms with van der Waals surface area (Å²) in [6.45, 7) is 1.85. The molecule has 2 rings (SSSR count). The highest BCUT2D eigenvalue weighted by molar-refractivity contribution is 7.90. The molecule has 0 radical (unpaired) electrons. The summed E-state index contributed by atoms with van der Waals surface area (Å²) in [7, 11) is -3.19. The molecule has 0 atom stereocenters. The Labute approximate surface area is 129 Å². The van der Waals surface area contributed by atoms with Crippen LogP contribution in [-0.2, 0) is 9.84 Å². The SMILES string of the molecule is Cc1cc(C(N)=S)cc(Nc2ccc(S(C)(=O)=O)cc2)n1. The first-order valence-electron chi connectivity index (χ1n) is 6.11. The number of thiocarbonyl (C=S) groups is 1. The van der Waals surface area contributed by atoms with Crippen molar-refractivity contribution in [1.29, 1.82) is 0 Å². The molecule has 1 heterocycles. The van der Waals surface area contributed by atoms with Crippen molar-refractivity contribution < 1.29 is 8.42 Å². The third kappa shape index (κ3) is 3.99. The van der Waals surface area contributed by atoms with Crippen LogP contribution in [0.3, 0.4) is 0 Å². The first kappa shape index (κ1) is 15.4. The molecule has 110 valence electrons. The Bertz CT molecular complexity index is 784. The lowest BCUT2D eigenvalue weighted by Crippen LogP contribution is -2.10. The van der Waals surface area contributed by atoms with Crippen LogP contribution in [0.2, 0.25) is 0 Å². The topological polar surface area (TPSA) is 85.1 Å². The minimum absolute atomic E-state index is 0.272. The van der Waals surface area contributed by atoms with Crippen molar-refractivity contribution in [3.63, 3.8) is 0 Å². The number of sulfone groups is 1. The van der Waals surface area contributed by atoms with E-state index in [1.165, 1.54) is 6.26 Å². The van der Waals surface area contributed by atoms with Gasteiger partial charge in [0.15, 0.2) is 9.84 Å². The highest BCUT2D eigenvalue weighted by Crippen LogP contribution is 2.19. The standard InChI is InChI=1S/C14H15N3O2S2/c1-9-7-10(14(15)20)8-13(16-9)17-11-3-5-12(6-4-11)21(2,18)19/h3-8H,1-2H3,(H2,15,20)(H,16,17). The van der Waals surface area contributed by atoms with Gasteiger partial charge in [0.1, 0.15) is 10.8 Å². The number of benzene rings is 1. The molecule has 2 aromatic rings. The van der Waals surface area contributed by atoms with Crippen LogP contribution in [0, 0.1) is 6.92 Å². The number of nitrogens with two attached hydrogens (primary N) is 1. The summed E-state index contributed by atoms with van der Waals surface area (Å²) in [6.07, 6.45) is 1.17. The number of aromatic nitrogens is 1. The van der Waals surface area contributed by atoms with Gasteiger partial charge in [-0.2, -0.15) is 0 Å². The monoisotopic (exact) mass is 321 g/mol. The second kappa shape index (κ2) is 5.79. The van der Waals surface area contributed by atoms with Gasteiger partial charge in [-0.15, -0.1) is 0 Å². The van der Waals surface area contributed by atoms with E-state index < -0.39 is 9.84 Å². The summed E-state index contributed by atoms with van der Waals surface area (Å²) in [5.41, 5.74) is 7.87. The van der Waals surface area contributed by atoms with E-state index in [0.717, 1.165) is 16.9 Å². The first-order valence-corrected chi connectivity index (χ1v) is 8.41. The first-order chi connectivity index (χ1) is 9.75. The van der Waals surface area contributed by atoms with E-state index in [1.807, 2.05) is 6.92 Å². The van der Waals surface area contributed by atoms with E-state index in [4.69, 9.17) is 18.0 Å². The Hall–Kier alpha value is -1.99. The molecule has 7 heteroatoms. The van der Waals surface area contributed by atoms with Crippen molar-refractivity contribution in [1.82, 2.24) is 4.98 Å². The lowest BCUT2D eigenvalue weighted by atomic mass is 10.2. The molecule has 0 saturated carbocycles. The lowest BCUT2D eigenvalue weighted by molar-refractivity contribution is 0.602. The van der Waals surface area contributed by atoms with Gasteiger partial charge in [0, 0.05) is 23.2 Å². The van der Waals surface area contributed by atoms with Crippen molar-refractivity contribution in [2.24, 2.45) is 5.73 Å². The fourth-order valence-corrected chi connectivity index (χ4v) is 2.56. The minimum Gasteiger partial charge on any atom is -0.389 e. The fourth-order valence-electron chi connectivity index (χ4n) is 1.81. The molecule has 0 saturated heterocycles. The molecule has 21 heavy (non-hydrogen) atoms. The van der Waals surface area contributed by atoms with Crippen LogP contribution < -0.4 is 11.1 Å². The predicted octanol–water partition coefficient (Wildman–Crippen LogP) is 2.17. The van der Waals surface area contributed by atoms with Crippen LogP contribution in [0.4, 0.5) is 11.5 Å². The number of aryl methyl sites for hydroxylation is 1. The Morgan fingerprint density at radius 1 is 1.24 bits per heavy atom. The summed E-state index contributed by atoms with van der Waals surface area (Å²) in [5.74, 6) is 0.602. The van der Waals surface area contributed by atoms with Gasteiger partial charge >= 0.3 is 0 Å². The molecule has 0 fully saturated rings. The predicted molar refractivity (Wildman–Crippen MR) is 87.7 cm³/mol. The Morgan fingerprint density at radius 2 is 1.86 bits per heavy atom. The Balaban J connectivity index is 2.28. The number of hydrogen-bond donors (Lipinski definition) is 2. The second-order valence-corrected chi connectivity index (χ2v) is 7.12. The van der Waals surface area contributed by atoms with E-state index in [-0.39, 0.29) is 4.90 Å². The largest absolute Gasteiger partial charge is 0.389 e. The van der Waals surface area contributed by atoms with Crippen LogP contribution in [0.1, 0.15) is 11.3 Å². The zero-order valence-corrected chi connectivity index (χ0v) is 13.3. The summed E-state index contributed by atoms with van der Waals surface area (Å²) in [4.78, 5) is 4.91. The quantitative estimate of drug-likeness (QED) is 0.840. The number of rotatable bonds is 4. The van der Waals surface area contributed by atoms with Gasteiger partial charge in [-0.05, 0) is 43.3 Å². The van der Waals surface area contributed by atoms with Crippen LogP contribution in [0.15, 0.2) is 41.3 Å². The molecule has 0 unspecified atom stereocenters. The third-order valence-corrected chi connectivity index (χ3v) is 4.16. The van der Waals surface area contributed by atoms with Gasteiger partial charge in [0.05, 0.1) is 4.90 Å². The van der Waals surface area contributed by atoms with Gasteiger partial charge in [-0.1, -0.05) is 12.2 Å². The van der Waals surface area contributed by atoms with E-state index in [9.17, 15) is 8.42 Å². The van der Waals surface area contributed by atoms with Crippen LogP contribution in [-0.4, -0.2) is 24.6 Å². The van der Waals surface area contributed by atoms with Crippen molar-refractivity contribution >= 4 is 38.5 Å². The third-order valence-electron chi connectivity index (χ3n) is 2.79. The van der Waals surface area contributed by atoms with Crippen LogP contribution >= 0.6 is 12.2 Å². The van der Waals surface area contributed by atoms with E-state index in [0.29, 0.717) is 10.8 Å². The van der Waals surface area contributed by atoms with Crippen molar-refractivity contribution in [2.75, 3.05) is 11.6 Å². The van der Waals surface area contributed by atoms with Gasteiger partial charge in [-0.25, -0.2) is 13.4 Å². The molecular formula is C14H15N3O2S2. The molecule has 1 aromatic heterocycles. The molecular weight excluding hydrogens is 306 g/mol. The second-order valence-electron chi connectivity index (χ2n) is 4.67. The van der Waals surface area contributed by atoms with E-state index in [2.05, 4.69) is 10.3 Å². The van der Waals surface area contributed by atoms with Crippen LogP contribution in [0.25, 0.3) is 0 Å². The highest BCUT2D eigenvalue weighted by Gasteiger charge is 2.07. The summed E-state index contributed by atoms with van der Waals surface area (Å²) < 4.78 is 22.8. The van der Waals surface area contributed by atoms with Gasteiger partial charge in [-0.3, -0.25) is 0 Å². The Morgan fingerprint density at radius 3 is 2.38 bits per heavy atom. The van der Waals surface area contributed by atoms with Gasteiger partial charge in [0.2, 0.25) is 0 Å². The molecule has 0 aliphatic rings. The van der Waals surface area contributed by atoms with Gasteiger partial charge < -0.3 is 11.1 Å². The fraction of sp³-hybridized carbons (Fsp3) is 0.143. The Kier molecular flexibility index (Phi) is 4.24. The highest BCUT2D eigenvalue weighted by atomic mass is 32.2. The summed E-state index contributed by atoms with van der Waals surface area (Å²) in [5, 5.41) is 3.10. The maximum absolute atomic E-state index is 11.4. The molecule has 0 aliphatic carbocycles. The maximum Gasteiger partial charge on any atom is 0.175 e. The normalized spacial score (nSPS) is 11.1. The average molecular weight is 321 g/mol. The number of hydrogen-bond acceptors (Lipinski definition) is 5. The molecule has 0 aliphatic heterocycles. The molecule has 5 nitrogen and oxygen atoms in total. The molecule has 0 amide bonds. The molecule has 3 N–H and O–H groups in total. The van der Waals surface area contributed by atoms with Crippen LogP contribution in [0.5, 0.6) is 0 Å². The van der Waals surface area contributed by atoms with E-state index >= 15 is 0 Å². The zero-order chi connectivity index (χ0) is 15.6.